The van der Waals surface area contributed by atoms with Crippen molar-refractivity contribution in [1.29, 1.82) is 0 Å². The van der Waals surface area contributed by atoms with Gasteiger partial charge in [-0.2, -0.15) is 0 Å². The van der Waals surface area contributed by atoms with Crippen LogP contribution >= 0.6 is 15.9 Å². The Bertz CT molecular complexity index is 1050. The molecule has 0 unspecified atom stereocenters. The lowest BCUT2D eigenvalue weighted by atomic mass is 10.1. The summed E-state index contributed by atoms with van der Waals surface area (Å²) in [4.78, 5) is 16.8. The van der Waals surface area contributed by atoms with Crippen LogP contribution in [0.2, 0.25) is 0 Å². The summed E-state index contributed by atoms with van der Waals surface area (Å²) in [7, 11) is 1.65. The van der Waals surface area contributed by atoms with Crippen LogP contribution < -0.4 is 10.1 Å². The van der Waals surface area contributed by atoms with Crippen LogP contribution in [0.3, 0.4) is 0 Å². The van der Waals surface area contributed by atoms with Crippen molar-refractivity contribution >= 4 is 44.7 Å². The van der Waals surface area contributed by atoms with Gasteiger partial charge in [-0.1, -0.05) is 28.1 Å². The minimum Gasteiger partial charge on any atom is -0.497 e. The Labute approximate surface area is 178 Å². The number of nitrogens with one attached hydrogen (secondary N) is 1. The number of hydrogen-bond acceptors (Lipinski definition) is 5. The predicted octanol–water partition coefficient (Wildman–Crippen LogP) is 5.58. The number of hydrogen-bond donors (Lipinski definition) is 1. The molecule has 0 amide bonds. The largest absolute Gasteiger partial charge is 0.497 e. The smallest absolute Gasteiger partial charge is 0.333 e. The Kier molecular flexibility index (Phi) is 6.88. The Balaban J connectivity index is 1.95. The van der Waals surface area contributed by atoms with Crippen LogP contribution in [0.4, 0.5) is 5.82 Å². The molecule has 5 nitrogen and oxygen atoms in total. The Morgan fingerprint density at radius 3 is 2.62 bits per heavy atom. The third-order valence-corrected chi connectivity index (χ3v) is 4.89. The van der Waals surface area contributed by atoms with Gasteiger partial charge in [-0.15, -0.1) is 0 Å². The molecule has 1 aromatic heterocycles. The fourth-order valence-electron chi connectivity index (χ4n) is 2.88. The summed E-state index contributed by atoms with van der Waals surface area (Å²) in [5.41, 5.74) is 3.32. The summed E-state index contributed by atoms with van der Waals surface area (Å²) >= 11 is 3.50. The number of carbonyl (C=O) groups is 1. The number of esters is 1. The third kappa shape index (κ3) is 5.35. The highest BCUT2D eigenvalue weighted by atomic mass is 79.9. The van der Waals surface area contributed by atoms with E-state index in [1.54, 1.807) is 21.0 Å². The van der Waals surface area contributed by atoms with E-state index in [0.717, 1.165) is 32.3 Å². The van der Waals surface area contributed by atoms with Crippen molar-refractivity contribution in [2.75, 3.05) is 19.0 Å². The zero-order chi connectivity index (χ0) is 20.8. The van der Waals surface area contributed by atoms with Crippen molar-refractivity contribution < 1.29 is 14.3 Å². The lowest BCUT2D eigenvalue weighted by Gasteiger charge is -2.12. The number of fused-ring (bicyclic) bond motifs is 1. The maximum Gasteiger partial charge on any atom is 0.333 e. The average Bonchev–Trinajstić information content (AvgIpc) is 2.72. The molecular weight excluding hydrogens is 432 g/mol. The van der Waals surface area contributed by atoms with Crippen molar-refractivity contribution in [3.8, 4) is 5.75 Å². The van der Waals surface area contributed by atoms with E-state index in [-0.39, 0.29) is 5.97 Å². The fourth-order valence-corrected chi connectivity index (χ4v) is 3.26. The van der Waals surface area contributed by atoms with Gasteiger partial charge in [0.05, 0.1) is 19.2 Å². The second-order valence-corrected chi connectivity index (χ2v) is 7.43. The van der Waals surface area contributed by atoms with Gasteiger partial charge in [0.25, 0.3) is 0 Å². The van der Waals surface area contributed by atoms with Crippen LogP contribution in [0.25, 0.3) is 17.0 Å². The second-order valence-electron chi connectivity index (χ2n) is 6.51. The Morgan fingerprint density at radius 2 is 1.93 bits per heavy atom. The van der Waals surface area contributed by atoms with Crippen LogP contribution in [-0.4, -0.2) is 24.7 Å². The molecule has 0 aliphatic carbocycles. The van der Waals surface area contributed by atoms with Gasteiger partial charge in [-0.25, -0.2) is 9.78 Å². The van der Waals surface area contributed by atoms with Crippen molar-refractivity contribution in [2.24, 2.45) is 0 Å². The first-order valence-electron chi connectivity index (χ1n) is 9.32. The number of ether oxygens (including phenoxy) is 2. The van der Waals surface area contributed by atoms with Crippen molar-refractivity contribution in [1.82, 2.24) is 4.98 Å². The molecule has 1 heterocycles. The molecule has 0 bridgehead atoms. The number of halogens is 1. The first-order valence-corrected chi connectivity index (χ1v) is 10.1. The van der Waals surface area contributed by atoms with E-state index < -0.39 is 0 Å². The molecule has 0 aliphatic heterocycles. The van der Waals surface area contributed by atoms with Gasteiger partial charge >= 0.3 is 5.97 Å². The molecule has 3 aromatic rings. The van der Waals surface area contributed by atoms with Gasteiger partial charge < -0.3 is 14.8 Å². The number of nitrogens with zero attached hydrogens (tertiary/aromatic N) is 1. The molecule has 0 radical (unpaired) electrons. The first-order chi connectivity index (χ1) is 14.0. The van der Waals surface area contributed by atoms with E-state index in [2.05, 4.69) is 21.2 Å². The first kappa shape index (κ1) is 20.9. The van der Waals surface area contributed by atoms with E-state index in [4.69, 9.17) is 14.5 Å². The molecule has 0 spiro atoms. The number of carbonyl (C=O) groups excluding carboxylic acids is 1. The lowest BCUT2D eigenvalue weighted by molar-refractivity contribution is -0.138. The summed E-state index contributed by atoms with van der Waals surface area (Å²) in [5.74, 6) is 1.19. The van der Waals surface area contributed by atoms with Crippen LogP contribution in [0, 0.1) is 0 Å². The van der Waals surface area contributed by atoms with Crippen LogP contribution in [0.1, 0.15) is 25.0 Å². The van der Waals surface area contributed by atoms with Crippen molar-refractivity contribution in [2.45, 2.75) is 20.4 Å². The van der Waals surface area contributed by atoms with E-state index in [0.29, 0.717) is 24.5 Å². The zero-order valence-electron chi connectivity index (χ0n) is 16.7. The highest BCUT2D eigenvalue weighted by molar-refractivity contribution is 9.10. The molecule has 0 aliphatic rings. The lowest BCUT2D eigenvalue weighted by Crippen LogP contribution is -2.06. The molecule has 29 heavy (non-hydrogen) atoms. The number of rotatable bonds is 7. The molecule has 2 aromatic carbocycles. The van der Waals surface area contributed by atoms with Gasteiger partial charge in [-0.3, -0.25) is 0 Å². The van der Waals surface area contributed by atoms with E-state index in [1.807, 2.05) is 54.6 Å². The molecule has 0 fully saturated rings. The summed E-state index contributed by atoms with van der Waals surface area (Å²) in [6.45, 7) is 4.48. The molecule has 1 N–H and O–H groups in total. The normalized spacial score (nSPS) is 11.4. The van der Waals surface area contributed by atoms with Crippen LogP contribution in [0.5, 0.6) is 5.75 Å². The fraction of sp³-hybridized carbons (Fsp3) is 0.217. The van der Waals surface area contributed by atoms with Crippen molar-refractivity contribution in [3.63, 3.8) is 0 Å². The second kappa shape index (κ2) is 9.56. The molecule has 150 valence electrons. The highest BCUT2D eigenvalue weighted by Crippen LogP contribution is 2.26. The average molecular weight is 455 g/mol. The number of pyridine rings is 1. The maximum absolute atomic E-state index is 12.1. The van der Waals surface area contributed by atoms with Crippen LogP contribution in [0.15, 0.2) is 58.6 Å². The van der Waals surface area contributed by atoms with E-state index >= 15 is 0 Å². The molecule has 3 rings (SSSR count). The van der Waals surface area contributed by atoms with Gasteiger partial charge in [0, 0.05) is 27.5 Å². The summed E-state index contributed by atoms with van der Waals surface area (Å²) in [6.07, 6.45) is 1.81. The molecule has 0 saturated heterocycles. The minimum absolute atomic E-state index is 0.331. The number of anilines is 1. The van der Waals surface area contributed by atoms with Gasteiger partial charge in [0.15, 0.2) is 0 Å². The SMILES string of the molecule is CCOC(=O)/C(C)=C/c1cc2cc(Br)ccc2nc1NCc1ccc(OC)cc1. The molecule has 6 heteroatoms. The number of methoxy groups -OCH3 is 1. The van der Waals surface area contributed by atoms with E-state index in [9.17, 15) is 4.79 Å². The quantitative estimate of drug-likeness (QED) is 0.372. The summed E-state index contributed by atoms with van der Waals surface area (Å²) < 4.78 is 11.3. The Hall–Kier alpha value is -2.86. The van der Waals surface area contributed by atoms with Crippen molar-refractivity contribution in [3.05, 3.63) is 69.7 Å². The minimum atomic E-state index is -0.331. The standard InChI is InChI=1S/C23H23BrN2O3/c1-4-29-23(27)15(2)11-18-12-17-13-19(24)7-10-21(17)26-22(18)25-14-16-5-8-20(28-3)9-6-16/h5-13H,4,14H2,1-3H3,(H,25,26)/b15-11+. The maximum atomic E-state index is 12.1. The van der Waals surface area contributed by atoms with Gasteiger partial charge in [0.1, 0.15) is 11.6 Å². The molecule has 0 atom stereocenters. The Morgan fingerprint density at radius 1 is 1.17 bits per heavy atom. The zero-order valence-corrected chi connectivity index (χ0v) is 18.2. The topological polar surface area (TPSA) is 60.5 Å². The van der Waals surface area contributed by atoms with Gasteiger partial charge in [0.2, 0.25) is 0 Å². The predicted molar refractivity (Wildman–Crippen MR) is 120 cm³/mol. The monoisotopic (exact) mass is 454 g/mol. The number of benzene rings is 2. The van der Waals surface area contributed by atoms with E-state index in [1.165, 1.54) is 0 Å². The summed E-state index contributed by atoms with van der Waals surface area (Å²) in [6, 6.07) is 15.8. The highest BCUT2D eigenvalue weighted by Gasteiger charge is 2.10. The van der Waals surface area contributed by atoms with Gasteiger partial charge in [-0.05, 0) is 61.9 Å². The molecular formula is C23H23BrN2O3. The molecule has 0 saturated carbocycles. The third-order valence-electron chi connectivity index (χ3n) is 4.39. The number of aromatic nitrogens is 1. The van der Waals surface area contributed by atoms with Crippen LogP contribution in [-0.2, 0) is 16.1 Å². The summed E-state index contributed by atoms with van der Waals surface area (Å²) in [5, 5.41) is 4.37.